The lowest BCUT2D eigenvalue weighted by Crippen LogP contribution is -2.14. The number of hydrogen-bond donors (Lipinski definition) is 1. The van der Waals surface area contributed by atoms with Gasteiger partial charge >= 0.3 is 6.18 Å². The third-order valence-corrected chi connectivity index (χ3v) is 5.20. The van der Waals surface area contributed by atoms with Gasteiger partial charge in [0.15, 0.2) is 0 Å². The van der Waals surface area contributed by atoms with Gasteiger partial charge in [0.25, 0.3) is 6.43 Å². The van der Waals surface area contributed by atoms with E-state index in [1.54, 1.807) is 0 Å². The van der Waals surface area contributed by atoms with Gasteiger partial charge in [0, 0.05) is 5.56 Å². The Hall–Kier alpha value is -2.86. The first-order chi connectivity index (χ1) is 13.8. The standard InChI is InChI=1S/C18H13F6N3O2S/c1-9-2-4-11(7-12(9)18(22,23)24)27-15(8-14(26-27)17(20)21)10-3-5-16(13(19)6-10)30(25,28)29/h2-8,17H,1H3,(H2,25,28,29). The van der Waals surface area contributed by atoms with Crippen molar-refractivity contribution >= 4 is 10.0 Å². The maximum Gasteiger partial charge on any atom is 0.416 e. The molecule has 0 saturated heterocycles. The monoisotopic (exact) mass is 449 g/mol. The van der Waals surface area contributed by atoms with Gasteiger partial charge in [-0.05, 0) is 42.8 Å². The maximum atomic E-state index is 14.2. The summed E-state index contributed by atoms with van der Waals surface area (Å²) in [5.41, 5.74) is -2.27. The number of aryl methyl sites for hydroxylation is 1. The molecule has 5 nitrogen and oxygen atoms in total. The van der Waals surface area contributed by atoms with E-state index in [1.807, 2.05) is 0 Å². The van der Waals surface area contributed by atoms with Gasteiger partial charge in [0.1, 0.15) is 16.4 Å². The fourth-order valence-electron chi connectivity index (χ4n) is 2.85. The first kappa shape index (κ1) is 21.8. The lowest BCUT2D eigenvalue weighted by Gasteiger charge is -2.14. The molecule has 0 aliphatic carbocycles. The van der Waals surface area contributed by atoms with E-state index in [0.717, 1.165) is 41.1 Å². The molecule has 0 unspecified atom stereocenters. The third-order valence-electron chi connectivity index (χ3n) is 4.26. The lowest BCUT2D eigenvalue weighted by atomic mass is 10.1. The first-order valence-corrected chi connectivity index (χ1v) is 9.72. The molecular weight excluding hydrogens is 436 g/mol. The van der Waals surface area contributed by atoms with Crippen LogP contribution in [-0.4, -0.2) is 18.2 Å². The normalized spacial score (nSPS) is 12.6. The van der Waals surface area contributed by atoms with Crippen molar-refractivity contribution in [3.63, 3.8) is 0 Å². The van der Waals surface area contributed by atoms with Gasteiger partial charge in [0.05, 0.1) is 16.9 Å². The van der Waals surface area contributed by atoms with Crippen LogP contribution in [0.3, 0.4) is 0 Å². The molecule has 2 N–H and O–H groups in total. The van der Waals surface area contributed by atoms with E-state index in [2.05, 4.69) is 5.10 Å². The number of aromatic nitrogens is 2. The molecule has 160 valence electrons. The highest BCUT2D eigenvalue weighted by molar-refractivity contribution is 7.89. The Kier molecular flexibility index (Phi) is 5.41. The van der Waals surface area contributed by atoms with Gasteiger partial charge in [0.2, 0.25) is 10.0 Å². The molecule has 0 bridgehead atoms. The van der Waals surface area contributed by atoms with Crippen LogP contribution < -0.4 is 5.14 Å². The molecule has 0 radical (unpaired) electrons. The number of primary sulfonamides is 1. The number of nitrogens with two attached hydrogens (primary N) is 1. The topological polar surface area (TPSA) is 78.0 Å². The van der Waals surface area contributed by atoms with Crippen molar-refractivity contribution in [3.05, 3.63) is 65.1 Å². The minimum absolute atomic E-state index is 0.0856. The average Bonchev–Trinajstić information content (AvgIpc) is 3.05. The van der Waals surface area contributed by atoms with Gasteiger partial charge in [-0.3, -0.25) is 0 Å². The van der Waals surface area contributed by atoms with E-state index in [0.29, 0.717) is 0 Å². The number of alkyl halides is 5. The summed E-state index contributed by atoms with van der Waals surface area (Å²) in [6.45, 7) is 1.24. The Labute approximate surface area is 166 Å². The molecule has 1 aromatic heterocycles. The molecule has 2 aromatic carbocycles. The summed E-state index contributed by atoms with van der Waals surface area (Å²) in [7, 11) is -4.37. The maximum absolute atomic E-state index is 14.2. The van der Waals surface area contributed by atoms with Gasteiger partial charge in [-0.2, -0.15) is 18.3 Å². The van der Waals surface area contributed by atoms with E-state index in [-0.39, 0.29) is 22.5 Å². The molecule has 3 aromatic rings. The molecule has 0 amide bonds. The highest BCUT2D eigenvalue weighted by atomic mass is 32.2. The number of halogens is 6. The second-order valence-electron chi connectivity index (χ2n) is 6.35. The van der Waals surface area contributed by atoms with Crippen molar-refractivity contribution in [2.24, 2.45) is 5.14 Å². The molecule has 1 heterocycles. The lowest BCUT2D eigenvalue weighted by molar-refractivity contribution is -0.138. The van der Waals surface area contributed by atoms with E-state index in [4.69, 9.17) is 5.14 Å². The number of rotatable bonds is 4. The smallest absolute Gasteiger partial charge is 0.233 e. The Bertz CT molecular complexity index is 1220. The van der Waals surface area contributed by atoms with Crippen LogP contribution in [0.2, 0.25) is 0 Å². The molecule has 0 fully saturated rings. The van der Waals surface area contributed by atoms with Crippen molar-refractivity contribution in [3.8, 4) is 16.9 Å². The molecule has 0 atom stereocenters. The van der Waals surface area contributed by atoms with Crippen molar-refractivity contribution in [1.29, 1.82) is 0 Å². The van der Waals surface area contributed by atoms with Gasteiger partial charge in [-0.1, -0.05) is 12.1 Å². The van der Waals surface area contributed by atoms with Gasteiger partial charge < -0.3 is 0 Å². The van der Waals surface area contributed by atoms with Gasteiger partial charge in [-0.25, -0.2) is 31.4 Å². The predicted octanol–water partition coefficient (Wildman–Crippen LogP) is 4.59. The van der Waals surface area contributed by atoms with Gasteiger partial charge in [-0.15, -0.1) is 0 Å². The van der Waals surface area contributed by atoms with Crippen molar-refractivity contribution in [2.75, 3.05) is 0 Å². The van der Waals surface area contributed by atoms with Crippen LogP contribution in [-0.2, 0) is 16.2 Å². The zero-order valence-electron chi connectivity index (χ0n) is 15.1. The highest BCUT2D eigenvalue weighted by Gasteiger charge is 2.33. The molecule has 0 saturated carbocycles. The van der Waals surface area contributed by atoms with Crippen molar-refractivity contribution in [2.45, 2.75) is 24.4 Å². The summed E-state index contributed by atoms with van der Waals surface area (Å²) in [4.78, 5) is -0.818. The molecule has 12 heteroatoms. The summed E-state index contributed by atoms with van der Waals surface area (Å²) in [6, 6.07) is 6.64. The van der Waals surface area contributed by atoms with Crippen LogP contribution in [0.1, 0.15) is 23.2 Å². The molecule has 0 aliphatic heterocycles. The van der Waals surface area contributed by atoms with E-state index >= 15 is 0 Å². The van der Waals surface area contributed by atoms with E-state index < -0.39 is 44.6 Å². The van der Waals surface area contributed by atoms with Crippen LogP contribution in [0.25, 0.3) is 16.9 Å². The number of hydrogen-bond acceptors (Lipinski definition) is 3. The third kappa shape index (κ3) is 4.19. The summed E-state index contributed by atoms with van der Waals surface area (Å²) in [6.07, 6.45) is -7.74. The minimum atomic E-state index is -4.69. The average molecular weight is 449 g/mol. The minimum Gasteiger partial charge on any atom is -0.233 e. The Morgan fingerprint density at radius 3 is 2.27 bits per heavy atom. The van der Waals surface area contributed by atoms with Crippen LogP contribution in [0, 0.1) is 12.7 Å². The zero-order valence-corrected chi connectivity index (χ0v) is 15.9. The molecule has 0 aliphatic rings. The zero-order chi connectivity index (χ0) is 22.4. The molecule has 3 rings (SSSR count). The van der Waals surface area contributed by atoms with Crippen molar-refractivity contribution < 1.29 is 34.8 Å². The summed E-state index contributed by atoms with van der Waals surface area (Å²) < 4.78 is 104. The molecular formula is C18H13F6N3O2S. The van der Waals surface area contributed by atoms with Crippen LogP contribution in [0.5, 0.6) is 0 Å². The Balaban J connectivity index is 2.23. The van der Waals surface area contributed by atoms with Crippen LogP contribution in [0.4, 0.5) is 26.3 Å². The fraction of sp³-hybridized carbons (Fsp3) is 0.167. The van der Waals surface area contributed by atoms with E-state index in [1.165, 1.54) is 13.0 Å². The second kappa shape index (κ2) is 7.43. The summed E-state index contributed by atoms with van der Waals surface area (Å²) in [5, 5.41) is 8.54. The predicted molar refractivity (Wildman–Crippen MR) is 95.0 cm³/mol. The fourth-order valence-corrected chi connectivity index (χ4v) is 3.43. The molecule has 30 heavy (non-hydrogen) atoms. The summed E-state index contributed by atoms with van der Waals surface area (Å²) in [5.74, 6) is -1.25. The summed E-state index contributed by atoms with van der Waals surface area (Å²) >= 11 is 0. The quantitative estimate of drug-likeness (QED) is 0.592. The first-order valence-electron chi connectivity index (χ1n) is 8.18. The number of benzene rings is 2. The Morgan fingerprint density at radius 2 is 1.73 bits per heavy atom. The van der Waals surface area contributed by atoms with Crippen LogP contribution >= 0.6 is 0 Å². The Morgan fingerprint density at radius 1 is 1.07 bits per heavy atom. The number of sulfonamides is 1. The van der Waals surface area contributed by atoms with Crippen molar-refractivity contribution in [1.82, 2.24) is 9.78 Å². The SMILES string of the molecule is Cc1ccc(-n2nc(C(F)F)cc2-c2ccc(S(N)(=O)=O)c(F)c2)cc1C(F)(F)F. The molecule has 0 spiro atoms. The van der Waals surface area contributed by atoms with Crippen LogP contribution in [0.15, 0.2) is 47.4 Å². The number of nitrogens with zero attached hydrogens (tertiary/aromatic N) is 2. The second-order valence-corrected chi connectivity index (χ2v) is 7.88. The largest absolute Gasteiger partial charge is 0.416 e. The highest BCUT2D eigenvalue weighted by Crippen LogP contribution is 2.35. The van der Waals surface area contributed by atoms with E-state index in [9.17, 15) is 34.8 Å².